The lowest BCUT2D eigenvalue weighted by Crippen LogP contribution is -2.00. The van der Waals surface area contributed by atoms with E-state index < -0.39 is 0 Å². The van der Waals surface area contributed by atoms with Crippen molar-refractivity contribution in [2.24, 2.45) is 0 Å². The summed E-state index contributed by atoms with van der Waals surface area (Å²) in [7, 11) is 0. The Balaban J connectivity index is 0.789. The van der Waals surface area contributed by atoms with Gasteiger partial charge >= 0.3 is 0 Å². The zero-order valence-corrected chi connectivity index (χ0v) is 51.7. The van der Waals surface area contributed by atoms with Gasteiger partial charge in [-0.25, -0.2) is 0 Å². The molecule has 0 unspecified atom stereocenters. The Morgan fingerprint density at radius 2 is 0.189 bits per heavy atom. The monoisotopic (exact) mass is 1160 g/mol. The van der Waals surface area contributed by atoms with Crippen LogP contribution in [0.15, 0.2) is 328 Å². The second-order valence-electron chi connectivity index (χ2n) is 25.1. The first-order valence-electron chi connectivity index (χ1n) is 32.3. The van der Waals surface area contributed by atoms with Crippen LogP contribution in [0.4, 0.5) is 0 Å². The highest BCUT2D eigenvalue weighted by Crippen LogP contribution is 2.28. The van der Waals surface area contributed by atoms with E-state index in [0.717, 1.165) is 77.0 Å². The van der Waals surface area contributed by atoms with Crippen molar-refractivity contribution in [3.63, 3.8) is 0 Å². The maximum atomic E-state index is 2.49. The summed E-state index contributed by atoms with van der Waals surface area (Å²) in [5, 5.41) is 0. The van der Waals surface area contributed by atoms with Crippen molar-refractivity contribution in [3.8, 4) is 0 Å². The minimum absolute atomic E-state index is 0.858. The molecule has 13 rings (SSSR count). The van der Waals surface area contributed by atoms with Gasteiger partial charge in [0.15, 0.2) is 0 Å². The molecule has 0 fully saturated rings. The van der Waals surface area contributed by atoms with Crippen LogP contribution in [-0.2, 0) is 77.0 Å². The van der Waals surface area contributed by atoms with Gasteiger partial charge in [0.1, 0.15) is 0 Å². The molecule has 13 aromatic rings. The van der Waals surface area contributed by atoms with Gasteiger partial charge in [-0.05, 0) is 211 Å². The third-order valence-corrected chi connectivity index (χ3v) is 17.4. The van der Waals surface area contributed by atoms with Crippen molar-refractivity contribution in [1.29, 1.82) is 0 Å². The molecule has 0 aromatic heterocycles. The zero-order valence-electron chi connectivity index (χ0n) is 51.7. The van der Waals surface area contributed by atoms with Crippen LogP contribution in [0.25, 0.3) is 0 Å². The first-order chi connectivity index (χ1) is 44.4. The summed E-state index contributed by atoms with van der Waals surface area (Å²) >= 11 is 0. The molecule has 0 aliphatic rings. The second kappa shape index (κ2) is 29.2. The lowest BCUT2D eigenvalue weighted by atomic mass is 9.91. The molecule has 0 nitrogen and oxygen atoms in total. The first kappa shape index (κ1) is 58.9. The third kappa shape index (κ3) is 17.1. The van der Waals surface area contributed by atoms with Gasteiger partial charge in [0.25, 0.3) is 0 Å². The fourth-order valence-corrected chi connectivity index (χ4v) is 13.5. The van der Waals surface area contributed by atoms with E-state index in [1.807, 2.05) is 0 Å². The molecule has 13 aromatic carbocycles. The lowest BCUT2D eigenvalue weighted by Gasteiger charge is -2.14. The van der Waals surface area contributed by atoms with Gasteiger partial charge in [-0.15, -0.1) is 0 Å². The molecule has 0 spiro atoms. The maximum Gasteiger partial charge on any atom is -0.00255 e. The molecule has 438 valence electrons. The summed E-state index contributed by atoms with van der Waals surface area (Å²) in [5.74, 6) is 0. The maximum absolute atomic E-state index is 2.49. The smallest absolute Gasteiger partial charge is 0.00255 e. The van der Waals surface area contributed by atoms with E-state index in [-0.39, 0.29) is 0 Å². The van der Waals surface area contributed by atoms with Crippen LogP contribution in [0.2, 0.25) is 0 Å². The molecule has 0 saturated carbocycles. The second-order valence-corrected chi connectivity index (χ2v) is 25.1. The summed E-state index contributed by atoms with van der Waals surface area (Å²) in [4.78, 5) is 0. The summed E-state index contributed by atoms with van der Waals surface area (Å²) in [6.45, 7) is 0. The van der Waals surface area contributed by atoms with Crippen LogP contribution in [0.1, 0.15) is 134 Å². The molecule has 0 aliphatic heterocycles. The van der Waals surface area contributed by atoms with E-state index >= 15 is 0 Å². The summed E-state index contributed by atoms with van der Waals surface area (Å²) in [6.07, 6.45) is 10.7. The van der Waals surface area contributed by atoms with Crippen LogP contribution in [0.5, 0.6) is 0 Å². The average molecular weight is 1160 g/mol. The van der Waals surface area contributed by atoms with Crippen molar-refractivity contribution >= 4 is 0 Å². The normalized spacial score (nSPS) is 11.2. The average Bonchev–Trinajstić information content (AvgIpc) is 3.74. The van der Waals surface area contributed by atoms with E-state index in [1.54, 1.807) is 0 Å². The Hall–Kier alpha value is -10.1. The van der Waals surface area contributed by atoms with Crippen LogP contribution in [0, 0.1) is 0 Å². The summed E-state index contributed by atoms with van der Waals surface area (Å²) in [6, 6.07) is 123. The van der Waals surface area contributed by atoms with E-state index in [1.165, 1.54) is 134 Å². The van der Waals surface area contributed by atoms with Crippen molar-refractivity contribution in [3.05, 3.63) is 461 Å². The van der Waals surface area contributed by atoms with Gasteiger partial charge in [0.05, 0.1) is 0 Å². The third-order valence-electron chi connectivity index (χ3n) is 17.4. The molecule has 0 N–H and O–H groups in total. The standard InChI is InChI=1S/C90H78/c1-7-22-67(23-8-1)40-79-55-80(41-68-24-9-2-10-25-68)59-85(58-79)49-73-34-19-37-76(46-73)52-88-64-89(53-77-38-20-35-74(47-77)50-86-60-81(42-69-26-11-3-12-27-69)56-82(61-86)43-70-28-13-4-14-29-70)66-90(65-88)54-78-39-21-36-75(48-78)51-87-62-83(44-71-30-15-5-16-31-71)57-84(63-87)45-72-32-17-6-18-33-72/h1-39,46-48,55-66H,40-45,49-54H2. The lowest BCUT2D eigenvalue weighted by molar-refractivity contribution is 1.06. The minimum atomic E-state index is 0.858. The fourth-order valence-electron chi connectivity index (χ4n) is 13.5. The highest BCUT2D eigenvalue weighted by atomic mass is 14.2. The Morgan fingerprint density at radius 3 is 0.322 bits per heavy atom. The molecule has 0 bridgehead atoms. The topological polar surface area (TPSA) is 0 Å². The Bertz CT molecular complexity index is 3780. The molecule has 0 amide bonds. The van der Waals surface area contributed by atoms with Crippen molar-refractivity contribution in [2.45, 2.75) is 77.0 Å². The molecule has 0 saturated heterocycles. The van der Waals surface area contributed by atoms with Crippen molar-refractivity contribution in [2.75, 3.05) is 0 Å². The van der Waals surface area contributed by atoms with Crippen LogP contribution in [0.3, 0.4) is 0 Å². The van der Waals surface area contributed by atoms with Crippen molar-refractivity contribution in [1.82, 2.24) is 0 Å². The Morgan fingerprint density at radius 1 is 0.0889 bits per heavy atom. The van der Waals surface area contributed by atoms with E-state index in [2.05, 4.69) is 328 Å². The Kier molecular flexibility index (Phi) is 19.1. The van der Waals surface area contributed by atoms with E-state index in [0.29, 0.717) is 0 Å². The predicted molar refractivity (Wildman–Crippen MR) is 377 cm³/mol. The van der Waals surface area contributed by atoms with Crippen LogP contribution >= 0.6 is 0 Å². The molecule has 0 atom stereocenters. The number of hydrogen-bond acceptors (Lipinski definition) is 0. The molecule has 0 heteroatoms. The van der Waals surface area contributed by atoms with Gasteiger partial charge < -0.3 is 0 Å². The van der Waals surface area contributed by atoms with E-state index in [9.17, 15) is 0 Å². The Labute approximate surface area is 534 Å². The molecule has 0 heterocycles. The zero-order chi connectivity index (χ0) is 60.5. The molecule has 0 aliphatic carbocycles. The van der Waals surface area contributed by atoms with Crippen LogP contribution in [-0.4, -0.2) is 0 Å². The van der Waals surface area contributed by atoms with Gasteiger partial charge in [0.2, 0.25) is 0 Å². The highest BCUT2D eigenvalue weighted by molar-refractivity contribution is 5.46. The molecular formula is C90H78. The first-order valence-corrected chi connectivity index (χ1v) is 32.3. The molecular weight excluding hydrogens is 1080 g/mol. The molecule has 90 heavy (non-hydrogen) atoms. The molecule has 0 radical (unpaired) electrons. The number of rotatable bonds is 24. The number of benzene rings is 13. The van der Waals surface area contributed by atoms with Gasteiger partial charge in [-0.2, -0.15) is 0 Å². The number of hydrogen-bond donors (Lipinski definition) is 0. The predicted octanol–water partition coefficient (Wildman–Crippen LogP) is 20.8. The minimum Gasteiger partial charge on any atom is -0.0622 e. The summed E-state index contributed by atoms with van der Waals surface area (Å²) < 4.78 is 0. The van der Waals surface area contributed by atoms with Gasteiger partial charge in [-0.3, -0.25) is 0 Å². The largest absolute Gasteiger partial charge is 0.0622 e. The SMILES string of the molecule is c1ccc(Cc2cc(Cc3ccccc3)cc(Cc3cccc(Cc4cc(Cc5cccc(Cc6cc(Cc7ccccc7)cc(Cc7ccccc7)c6)c5)cc(Cc5cccc(Cc6cc(Cc7ccccc7)cc(Cc7ccccc7)c6)c5)c4)c3)c2)cc1. The van der Waals surface area contributed by atoms with Crippen molar-refractivity contribution < 1.29 is 0 Å². The fraction of sp³-hybridized carbons (Fsp3) is 0.133. The van der Waals surface area contributed by atoms with Gasteiger partial charge in [0, 0.05) is 0 Å². The highest BCUT2D eigenvalue weighted by Gasteiger charge is 2.13. The van der Waals surface area contributed by atoms with Crippen LogP contribution < -0.4 is 0 Å². The quantitative estimate of drug-likeness (QED) is 0.0566. The van der Waals surface area contributed by atoms with E-state index in [4.69, 9.17) is 0 Å². The summed E-state index contributed by atoms with van der Waals surface area (Å²) in [5.41, 5.74) is 32.4. The van der Waals surface area contributed by atoms with Gasteiger partial charge in [-0.1, -0.05) is 328 Å².